The maximum absolute atomic E-state index is 12.5. The van der Waals surface area contributed by atoms with Gasteiger partial charge < -0.3 is 4.42 Å². The molecular weight excluding hydrogens is 364 g/mol. The standard InChI is InChI=1S/C19H16N4O3S/c24-27(25,17-7-5-16(6-8-17)23-11-2-10-21-23)22-14-15-4-9-18(20-13-15)19-3-1-12-26-19/h1-13,22H,14H2. The van der Waals surface area contributed by atoms with E-state index >= 15 is 0 Å². The highest BCUT2D eigenvalue weighted by molar-refractivity contribution is 7.89. The second-order valence-corrected chi connectivity index (χ2v) is 7.57. The SMILES string of the molecule is O=S(=O)(NCc1ccc(-c2ccco2)nc1)c1ccc(-n2cccn2)cc1. The number of rotatable bonds is 6. The van der Waals surface area contributed by atoms with E-state index in [0.29, 0.717) is 11.5 Å². The lowest BCUT2D eigenvalue weighted by atomic mass is 10.2. The molecule has 0 fully saturated rings. The van der Waals surface area contributed by atoms with Crippen molar-refractivity contribution in [2.45, 2.75) is 11.4 Å². The zero-order chi connectivity index (χ0) is 18.7. The Kier molecular flexibility index (Phi) is 4.57. The van der Waals surface area contributed by atoms with Crippen molar-refractivity contribution in [3.8, 4) is 17.1 Å². The normalized spacial score (nSPS) is 11.6. The summed E-state index contributed by atoms with van der Waals surface area (Å²) in [5.74, 6) is 0.666. The molecule has 0 atom stereocenters. The first-order valence-corrected chi connectivity index (χ1v) is 9.69. The molecule has 1 aromatic carbocycles. The molecule has 8 heteroatoms. The van der Waals surface area contributed by atoms with Gasteiger partial charge in [0, 0.05) is 25.1 Å². The first kappa shape index (κ1) is 17.2. The molecule has 0 radical (unpaired) electrons. The van der Waals surface area contributed by atoms with E-state index in [4.69, 9.17) is 4.42 Å². The molecule has 136 valence electrons. The second-order valence-electron chi connectivity index (χ2n) is 5.80. The molecule has 1 N–H and O–H groups in total. The third-order valence-electron chi connectivity index (χ3n) is 3.98. The van der Waals surface area contributed by atoms with E-state index in [1.165, 1.54) is 0 Å². The number of benzene rings is 1. The minimum atomic E-state index is -3.62. The van der Waals surface area contributed by atoms with Gasteiger partial charge in [0.15, 0.2) is 5.76 Å². The lowest BCUT2D eigenvalue weighted by molar-refractivity contribution is 0.578. The number of sulfonamides is 1. The van der Waals surface area contributed by atoms with Crippen LogP contribution in [0.25, 0.3) is 17.1 Å². The molecule has 3 heterocycles. The predicted octanol–water partition coefficient (Wildman–Crippen LogP) is 3.01. The van der Waals surface area contributed by atoms with E-state index in [1.54, 1.807) is 72.0 Å². The van der Waals surface area contributed by atoms with Crippen LogP contribution >= 0.6 is 0 Å². The van der Waals surface area contributed by atoms with E-state index in [0.717, 1.165) is 11.3 Å². The fourth-order valence-corrected chi connectivity index (χ4v) is 3.58. The van der Waals surface area contributed by atoms with Crippen LogP contribution in [0.5, 0.6) is 0 Å². The van der Waals surface area contributed by atoms with Gasteiger partial charge in [-0.05, 0) is 54.1 Å². The summed E-state index contributed by atoms with van der Waals surface area (Å²) in [6, 6.07) is 15.5. The first-order valence-electron chi connectivity index (χ1n) is 8.20. The lowest BCUT2D eigenvalue weighted by Gasteiger charge is -2.08. The molecule has 0 bridgehead atoms. The van der Waals surface area contributed by atoms with Gasteiger partial charge in [-0.1, -0.05) is 6.07 Å². The van der Waals surface area contributed by atoms with Crippen LogP contribution in [0.4, 0.5) is 0 Å². The number of hydrogen-bond donors (Lipinski definition) is 1. The molecule has 0 saturated heterocycles. The Bertz CT molecular complexity index is 1100. The number of pyridine rings is 1. The molecule has 27 heavy (non-hydrogen) atoms. The van der Waals surface area contributed by atoms with Crippen molar-refractivity contribution >= 4 is 10.0 Å². The maximum atomic E-state index is 12.5. The zero-order valence-electron chi connectivity index (χ0n) is 14.2. The summed E-state index contributed by atoms with van der Waals surface area (Å²) in [5.41, 5.74) is 2.24. The molecule has 0 saturated carbocycles. The third kappa shape index (κ3) is 3.81. The highest BCUT2D eigenvalue weighted by atomic mass is 32.2. The van der Waals surface area contributed by atoms with Crippen LogP contribution in [-0.2, 0) is 16.6 Å². The Balaban J connectivity index is 1.44. The molecule has 0 aliphatic carbocycles. The Morgan fingerprint density at radius 2 is 1.89 bits per heavy atom. The van der Waals surface area contributed by atoms with Crippen molar-refractivity contribution < 1.29 is 12.8 Å². The molecule has 4 rings (SSSR count). The Labute approximate surface area is 156 Å². The molecule has 3 aromatic heterocycles. The van der Waals surface area contributed by atoms with Crippen LogP contribution in [0.3, 0.4) is 0 Å². The van der Waals surface area contributed by atoms with Crippen molar-refractivity contribution in [1.82, 2.24) is 19.5 Å². The number of nitrogens with one attached hydrogen (secondary N) is 1. The molecule has 7 nitrogen and oxygen atoms in total. The van der Waals surface area contributed by atoms with Crippen LogP contribution in [0.15, 0.2) is 88.8 Å². The Morgan fingerprint density at radius 1 is 1.04 bits per heavy atom. The van der Waals surface area contributed by atoms with Crippen LogP contribution in [0.2, 0.25) is 0 Å². The number of furan rings is 1. The predicted molar refractivity (Wildman–Crippen MR) is 99.5 cm³/mol. The molecule has 4 aromatic rings. The third-order valence-corrected chi connectivity index (χ3v) is 5.40. The number of hydrogen-bond acceptors (Lipinski definition) is 5. The molecule has 0 aliphatic heterocycles. The lowest BCUT2D eigenvalue weighted by Crippen LogP contribution is -2.23. The summed E-state index contributed by atoms with van der Waals surface area (Å²) >= 11 is 0. The quantitative estimate of drug-likeness (QED) is 0.555. The molecular formula is C19H16N4O3S. The summed E-state index contributed by atoms with van der Waals surface area (Å²) in [5, 5.41) is 4.12. The molecule has 0 amide bonds. The maximum Gasteiger partial charge on any atom is 0.240 e. The van der Waals surface area contributed by atoms with Gasteiger partial charge >= 0.3 is 0 Å². The monoisotopic (exact) mass is 380 g/mol. The Morgan fingerprint density at radius 3 is 2.52 bits per heavy atom. The summed E-state index contributed by atoms with van der Waals surface area (Å²) in [6.45, 7) is 0.147. The van der Waals surface area contributed by atoms with Gasteiger partial charge in [0.1, 0.15) is 5.69 Å². The summed E-state index contributed by atoms with van der Waals surface area (Å²) in [6.07, 6.45) is 6.66. The fourth-order valence-electron chi connectivity index (χ4n) is 2.56. The van der Waals surface area contributed by atoms with Crippen molar-refractivity contribution in [1.29, 1.82) is 0 Å². The minimum absolute atomic E-state index is 0.147. The van der Waals surface area contributed by atoms with Gasteiger partial charge in [-0.15, -0.1) is 0 Å². The number of aromatic nitrogens is 3. The van der Waals surface area contributed by atoms with Gasteiger partial charge in [0.2, 0.25) is 10.0 Å². The summed E-state index contributed by atoms with van der Waals surface area (Å²) < 4.78 is 34.5. The highest BCUT2D eigenvalue weighted by Gasteiger charge is 2.14. The average molecular weight is 380 g/mol. The van der Waals surface area contributed by atoms with Crippen LogP contribution in [0.1, 0.15) is 5.56 Å². The van der Waals surface area contributed by atoms with Crippen molar-refractivity contribution in [2.24, 2.45) is 0 Å². The fraction of sp³-hybridized carbons (Fsp3) is 0.0526. The summed E-state index contributed by atoms with van der Waals surface area (Å²) in [7, 11) is -3.62. The molecule has 0 spiro atoms. The van der Waals surface area contributed by atoms with Crippen molar-refractivity contribution in [2.75, 3.05) is 0 Å². The van der Waals surface area contributed by atoms with E-state index in [1.807, 2.05) is 12.1 Å². The van der Waals surface area contributed by atoms with E-state index < -0.39 is 10.0 Å². The average Bonchev–Trinajstić information content (AvgIpc) is 3.41. The number of nitrogens with zero attached hydrogens (tertiary/aromatic N) is 3. The smallest absolute Gasteiger partial charge is 0.240 e. The van der Waals surface area contributed by atoms with Crippen molar-refractivity contribution in [3.05, 3.63) is 85.0 Å². The topological polar surface area (TPSA) is 90.0 Å². The van der Waals surface area contributed by atoms with Gasteiger partial charge in [0.25, 0.3) is 0 Å². The zero-order valence-corrected chi connectivity index (χ0v) is 15.0. The largest absolute Gasteiger partial charge is 0.463 e. The van der Waals surface area contributed by atoms with Gasteiger partial charge in [0.05, 0.1) is 16.8 Å². The molecule has 0 aliphatic rings. The Hall–Kier alpha value is -3.23. The summed E-state index contributed by atoms with van der Waals surface area (Å²) in [4.78, 5) is 4.49. The van der Waals surface area contributed by atoms with Crippen LogP contribution < -0.4 is 4.72 Å². The van der Waals surface area contributed by atoms with Gasteiger partial charge in [-0.2, -0.15) is 5.10 Å². The highest BCUT2D eigenvalue weighted by Crippen LogP contribution is 2.18. The van der Waals surface area contributed by atoms with Crippen LogP contribution in [-0.4, -0.2) is 23.2 Å². The van der Waals surface area contributed by atoms with E-state index in [9.17, 15) is 8.42 Å². The van der Waals surface area contributed by atoms with E-state index in [-0.39, 0.29) is 11.4 Å². The first-order chi connectivity index (χ1) is 13.1. The van der Waals surface area contributed by atoms with Crippen molar-refractivity contribution in [3.63, 3.8) is 0 Å². The minimum Gasteiger partial charge on any atom is -0.463 e. The van der Waals surface area contributed by atoms with Gasteiger partial charge in [-0.25, -0.2) is 17.8 Å². The van der Waals surface area contributed by atoms with Crippen LogP contribution in [0, 0.1) is 0 Å². The second kappa shape index (κ2) is 7.18. The van der Waals surface area contributed by atoms with E-state index in [2.05, 4.69) is 14.8 Å². The van der Waals surface area contributed by atoms with Gasteiger partial charge in [-0.3, -0.25) is 4.98 Å². The molecule has 0 unspecified atom stereocenters.